The van der Waals surface area contributed by atoms with Crippen LogP contribution >= 0.6 is 11.6 Å². The van der Waals surface area contributed by atoms with Crippen LogP contribution in [0, 0.1) is 17.1 Å². The molecule has 1 saturated heterocycles. The first-order chi connectivity index (χ1) is 19.2. The van der Waals surface area contributed by atoms with Crippen LogP contribution in [0.15, 0.2) is 55.4 Å². The van der Waals surface area contributed by atoms with E-state index < -0.39 is 17.9 Å². The number of likely N-dealkylation sites (N-methyl/N-ethyl adjacent to an activating group) is 1. The maximum atomic E-state index is 16.3. The Hall–Kier alpha value is -4.75. The summed E-state index contributed by atoms with van der Waals surface area (Å²) >= 11 is 6.47. The van der Waals surface area contributed by atoms with Crippen LogP contribution in [0.25, 0.3) is 32.9 Å². The van der Waals surface area contributed by atoms with E-state index in [0.717, 1.165) is 0 Å². The molecule has 4 aromatic rings. The summed E-state index contributed by atoms with van der Waals surface area (Å²) in [5, 5.41) is 21.7. The highest BCUT2D eigenvalue weighted by atomic mass is 35.5. The lowest BCUT2D eigenvalue weighted by Crippen LogP contribution is -2.66. The van der Waals surface area contributed by atoms with Gasteiger partial charge in [-0.3, -0.25) is 19.6 Å². The molecule has 2 aromatic heterocycles. The van der Waals surface area contributed by atoms with Crippen molar-refractivity contribution < 1.29 is 19.1 Å². The number of aromatic hydroxyl groups is 1. The number of hydrogen-bond donors (Lipinski definition) is 1. The molecule has 2 atom stereocenters. The zero-order chi connectivity index (χ0) is 28.3. The predicted molar refractivity (Wildman–Crippen MR) is 150 cm³/mol. The number of carbonyl (C=O) groups is 2. The number of amides is 2. The Bertz CT molecular complexity index is 1800. The van der Waals surface area contributed by atoms with Crippen LogP contribution in [-0.4, -0.2) is 64.0 Å². The monoisotopic (exact) mass is 556 g/mol. The zero-order valence-electron chi connectivity index (χ0n) is 21.3. The summed E-state index contributed by atoms with van der Waals surface area (Å²) in [5.41, 5.74) is 1.32. The fourth-order valence-corrected chi connectivity index (χ4v) is 6.03. The van der Waals surface area contributed by atoms with Crippen molar-refractivity contribution in [2.75, 3.05) is 29.9 Å². The molecule has 2 aromatic carbocycles. The topological polar surface area (TPSA) is 114 Å². The quantitative estimate of drug-likeness (QED) is 0.372. The molecule has 0 spiro atoms. The van der Waals surface area contributed by atoms with Gasteiger partial charge >= 0.3 is 0 Å². The third-order valence-corrected chi connectivity index (χ3v) is 7.93. The van der Waals surface area contributed by atoms with Crippen LogP contribution in [0.5, 0.6) is 5.75 Å². The third-order valence-electron chi connectivity index (χ3n) is 7.62. The summed E-state index contributed by atoms with van der Waals surface area (Å²) in [6.45, 7) is 3.78. The van der Waals surface area contributed by atoms with Crippen molar-refractivity contribution >= 4 is 56.5 Å². The zero-order valence-corrected chi connectivity index (χ0v) is 22.1. The van der Waals surface area contributed by atoms with E-state index in [0.29, 0.717) is 38.1 Å². The van der Waals surface area contributed by atoms with Crippen molar-refractivity contribution in [3.8, 4) is 23.1 Å². The molecule has 2 unspecified atom stereocenters. The summed E-state index contributed by atoms with van der Waals surface area (Å²) in [5.74, 6) is -1.40. The Morgan fingerprint density at radius 3 is 2.85 bits per heavy atom. The van der Waals surface area contributed by atoms with Crippen LogP contribution in [0.4, 0.5) is 15.8 Å². The van der Waals surface area contributed by atoms with Crippen molar-refractivity contribution in [1.82, 2.24) is 14.9 Å². The molecule has 11 heteroatoms. The molecule has 200 valence electrons. The van der Waals surface area contributed by atoms with E-state index in [1.165, 1.54) is 34.3 Å². The Kier molecular flexibility index (Phi) is 6.04. The molecule has 2 amide bonds. The number of rotatable bonds is 3. The van der Waals surface area contributed by atoms with Gasteiger partial charge in [-0.25, -0.2) is 4.39 Å². The molecule has 2 aliphatic heterocycles. The van der Waals surface area contributed by atoms with Gasteiger partial charge in [0, 0.05) is 41.1 Å². The second-order valence-electron chi connectivity index (χ2n) is 9.78. The highest BCUT2D eigenvalue weighted by molar-refractivity contribution is 6.36. The molecule has 40 heavy (non-hydrogen) atoms. The van der Waals surface area contributed by atoms with Gasteiger partial charge < -0.3 is 19.8 Å². The van der Waals surface area contributed by atoms with E-state index in [1.807, 2.05) is 4.90 Å². The summed E-state index contributed by atoms with van der Waals surface area (Å²) < 4.78 is 16.3. The number of nitrogens with zero attached hydrogens (tertiary/aromatic N) is 6. The van der Waals surface area contributed by atoms with E-state index in [-0.39, 0.29) is 48.3 Å². The number of benzene rings is 2. The predicted octanol–water partition coefficient (Wildman–Crippen LogP) is 4.41. The molecule has 0 saturated carbocycles. The van der Waals surface area contributed by atoms with Gasteiger partial charge in [-0.15, -0.1) is 0 Å². The first kappa shape index (κ1) is 25.5. The van der Waals surface area contributed by atoms with E-state index in [9.17, 15) is 20.0 Å². The number of hydrogen-bond acceptors (Lipinski definition) is 7. The SMILES string of the molecule is C=CC(=O)N1CC2C(=O)N(C)c3cnc4c(F)c(-c5cc(O)cc6cccc(Cl)c56)ncc4c3N2CC1CC#N. The Morgan fingerprint density at radius 1 is 1.30 bits per heavy atom. The van der Waals surface area contributed by atoms with E-state index >= 15 is 4.39 Å². The minimum absolute atomic E-state index is 0.0234. The summed E-state index contributed by atoms with van der Waals surface area (Å²) in [4.78, 5) is 39.6. The Morgan fingerprint density at radius 2 is 2.10 bits per heavy atom. The second kappa shape index (κ2) is 9.47. The standard InChI is InChI=1S/C29H22ClFN6O3/c1-3-23(39)36-14-22-29(40)35(2)21-12-34-27-19(28(21)37(22)13-16(36)7-8-32)11-33-26(25(27)31)18-10-17(38)9-15-5-4-6-20(30)24(15)18/h3-6,9-12,16,22,38H,1,7,13-14H2,2H3. The molecule has 0 radical (unpaired) electrons. The average molecular weight is 557 g/mol. The fraction of sp³-hybridized carbons (Fsp3) is 0.207. The van der Waals surface area contributed by atoms with Gasteiger partial charge in [0.15, 0.2) is 5.82 Å². The molecule has 1 fully saturated rings. The Balaban J connectivity index is 1.55. The van der Waals surface area contributed by atoms with E-state index in [2.05, 4.69) is 22.6 Å². The van der Waals surface area contributed by atoms with Crippen LogP contribution in [-0.2, 0) is 9.59 Å². The van der Waals surface area contributed by atoms with Gasteiger partial charge in [-0.05, 0) is 29.7 Å². The van der Waals surface area contributed by atoms with E-state index in [4.69, 9.17) is 11.6 Å². The fourth-order valence-electron chi connectivity index (χ4n) is 5.74. The number of piperazine rings is 1. The number of phenolic OH excluding ortho intramolecular Hbond substituents is 1. The minimum atomic E-state index is -0.751. The Labute approximate surface area is 233 Å². The van der Waals surface area contributed by atoms with Crippen molar-refractivity contribution in [3.63, 3.8) is 0 Å². The van der Waals surface area contributed by atoms with Gasteiger partial charge in [0.25, 0.3) is 5.91 Å². The molecule has 2 aliphatic rings. The maximum Gasteiger partial charge on any atom is 0.251 e. The van der Waals surface area contributed by atoms with Crippen molar-refractivity contribution in [2.45, 2.75) is 18.5 Å². The number of anilines is 2. The maximum absolute atomic E-state index is 16.3. The molecule has 0 aliphatic carbocycles. The smallest absolute Gasteiger partial charge is 0.251 e. The summed E-state index contributed by atoms with van der Waals surface area (Å²) in [6.07, 6.45) is 4.15. The van der Waals surface area contributed by atoms with Gasteiger partial charge in [-0.1, -0.05) is 30.3 Å². The number of phenols is 1. The first-order valence-electron chi connectivity index (χ1n) is 12.5. The molecule has 0 bridgehead atoms. The molecule has 9 nitrogen and oxygen atoms in total. The number of pyridine rings is 2. The van der Waals surface area contributed by atoms with Crippen LogP contribution < -0.4 is 9.80 Å². The highest BCUT2D eigenvalue weighted by Crippen LogP contribution is 2.44. The van der Waals surface area contributed by atoms with Crippen LogP contribution in [0.2, 0.25) is 5.02 Å². The van der Waals surface area contributed by atoms with Gasteiger partial charge in [0.1, 0.15) is 23.0 Å². The highest BCUT2D eigenvalue weighted by Gasteiger charge is 2.45. The lowest BCUT2D eigenvalue weighted by atomic mass is 9.96. The molecular weight excluding hydrogens is 535 g/mol. The molecular formula is C29H22ClFN6O3. The summed E-state index contributed by atoms with van der Waals surface area (Å²) in [7, 11) is 1.60. The lowest BCUT2D eigenvalue weighted by Gasteiger charge is -2.50. The number of fused-ring (bicyclic) bond motifs is 6. The third kappa shape index (κ3) is 3.73. The van der Waals surface area contributed by atoms with Gasteiger partial charge in [0.05, 0.1) is 42.6 Å². The van der Waals surface area contributed by atoms with Crippen molar-refractivity contribution in [1.29, 1.82) is 5.26 Å². The van der Waals surface area contributed by atoms with Crippen LogP contribution in [0.3, 0.4) is 0 Å². The largest absolute Gasteiger partial charge is 0.508 e. The second-order valence-corrected chi connectivity index (χ2v) is 10.2. The van der Waals surface area contributed by atoms with Crippen molar-refractivity contribution in [2.24, 2.45) is 0 Å². The number of halogens is 2. The average Bonchev–Trinajstić information content (AvgIpc) is 2.94. The number of nitriles is 1. The van der Waals surface area contributed by atoms with E-state index in [1.54, 1.807) is 31.3 Å². The normalized spacial score (nSPS) is 18.4. The van der Waals surface area contributed by atoms with Crippen LogP contribution in [0.1, 0.15) is 6.42 Å². The summed E-state index contributed by atoms with van der Waals surface area (Å²) in [6, 6.07) is 9.00. The lowest BCUT2D eigenvalue weighted by molar-refractivity contribution is -0.131. The molecule has 6 rings (SSSR count). The minimum Gasteiger partial charge on any atom is -0.508 e. The molecule has 1 N–H and O–H groups in total. The van der Waals surface area contributed by atoms with Gasteiger partial charge in [-0.2, -0.15) is 5.26 Å². The van der Waals surface area contributed by atoms with Crippen molar-refractivity contribution in [3.05, 3.63) is 66.2 Å². The molecule has 4 heterocycles. The first-order valence-corrected chi connectivity index (χ1v) is 12.9. The number of aromatic nitrogens is 2. The van der Waals surface area contributed by atoms with Gasteiger partial charge in [0.2, 0.25) is 5.91 Å². The number of carbonyl (C=O) groups excluding carboxylic acids is 2.